The van der Waals surface area contributed by atoms with Crippen molar-refractivity contribution in [2.45, 2.75) is 32.6 Å². The van der Waals surface area contributed by atoms with Crippen molar-refractivity contribution in [1.29, 1.82) is 0 Å². The van der Waals surface area contributed by atoms with Crippen molar-refractivity contribution in [2.75, 3.05) is 32.8 Å². The number of terminal acetylenes is 2. The average molecular weight is 569 g/mol. The Balaban J connectivity index is 0.000000308. The minimum Gasteiger partial charge on any atom is -0.481 e. The van der Waals surface area contributed by atoms with Crippen molar-refractivity contribution in [3.8, 4) is 36.2 Å². The van der Waals surface area contributed by atoms with Crippen LogP contribution in [0.1, 0.15) is 24.5 Å². The topological polar surface area (TPSA) is 80.3 Å². The molecule has 0 spiro atoms. The highest BCUT2D eigenvalue weighted by molar-refractivity contribution is 6.31. The Kier molecular flexibility index (Phi) is 13.0. The fourth-order valence-corrected chi connectivity index (χ4v) is 3.96. The SMILES string of the molecule is C#CCOc1cc(F)c(CO)c(Cl)c1.C#CCOc1cc(F)c(COC(=O)N2CCNCC2CC)c(Cl)c1. The number of hydrogen-bond donors (Lipinski definition) is 2. The number of nitrogens with one attached hydrogen (secondary N) is 1. The molecule has 7 nitrogen and oxygen atoms in total. The predicted molar refractivity (Wildman–Crippen MR) is 141 cm³/mol. The predicted octanol–water partition coefficient (Wildman–Crippen LogP) is 4.79. The van der Waals surface area contributed by atoms with Crippen LogP contribution in [0.25, 0.3) is 0 Å². The van der Waals surface area contributed by atoms with Gasteiger partial charge >= 0.3 is 6.09 Å². The fraction of sp³-hybridized carbons (Fsp3) is 0.370. The number of carbonyl (C=O) groups is 1. The van der Waals surface area contributed by atoms with E-state index in [1.807, 2.05) is 6.92 Å². The summed E-state index contributed by atoms with van der Waals surface area (Å²) in [5.41, 5.74) is 0.168. The molecule has 1 saturated heterocycles. The lowest BCUT2D eigenvalue weighted by atomic mass is 10.1. The van der Waals surface area contributed by atoms with Gasteiger partial charge in [0.25, 0.3) is 0 Å². The van der Waals surface area contributed by atoms with Gasteiger partial charge in [-0.2, -0.15) is 0 Å². The van der Waals surface area contributed by atoms with E-state index in [1.54, 1.807) is 4.90 Å². The molecular weight excluding hydrogens is 541 g/mol. The van der Waals surface area contributed by atoms with Gasteiger partial charge in [0.1, 0.15) is 43.0 Å². The van der Waals surface area contributed by atoms with Crippen molar-refractivity contribution in [1.82, 2.24) is 10.2 Å². The Labute approximate surface area is 231 Å². The van der Waals surface area contributed by atoms with E-state index in [1.165, 1.54) is 18.2 Å². The van der Waals surface area contributed by atoms with Gasteiger partial charge in [-0.15, -0.1) is 12.8 Å². The molecule has 0 radical (unpaired) electrons. The molecule has 11 heteroatoms. The first-order valence-electron chi connectivity index (χ1n) is 11.6. The van der Waals surface area contributed by atoms with E-state index in [0.717, 1.165) is 19.0 Å². The Hall–Kier alpha value is -3.21. The summed E-state index contributed by atoms with van der Waals surface area (Å²) < 4.78 is 42.7. The maximum Gasteiger partial charge on any atom is 0.410 e. The van der Waals surface area contributed by atoms with E-state index < -0.39 is 24.3 Å². The third kappa shape index (κ3) is 8.97. The molecular formula is C27H28Cl2F2N2O5. The highest BCUT2D eigenvalue weighted by Gasteiger charge is 2.26. The summed E-state index contributed by atoms with van der Waals surface area (Å²) in [4.78, 5) is 13.9. The number of ether oxygens (including phenoxy) is 3. The number of aliphatic hydroxyl groups excluding tert-OH is 1. The molecule has 204 valence electrons. The van der Waals surface area contributed by atoms with Crippen LogP contribution in [0.4, 0.5) is 13.6 Å². The maximum absolute atomic E-state index is 14.1. The number of piperazine rings is 1. The zero-order valence-electron chi connectivity index (χ0n) is 20.7. The normalized spacial score (nSPS) is 14.4. The second-order valence-corrected chi connectivity index (χ2v) is 8.70. The van der Waals surface area contributed by atoms with E-state index >= 15 is 0 Å². The largest absolute Gasteiger partial charge is 0.481 e. The molecule has 0 saturated carbocycles. The first-order valence-corrected chi connectivity index (χ1v) is 12.3. The number of amides is 1. The third-order valence-electron chi connectivity index (χ3n) is 5.43. The van der Waals surface area contributed by atoms with Crippen molar-refractivity contribution in [3.05, 3.63) is 57.1 Å². The number of hydrogen-bond acceptors (Lipinski definition) is 6. The van der Waals surface area contributed by atoms with Crippen LogP contribution in [-0.4, -0.2) is 55.0 Å². The van der Waals surface area contributed by atoms with Gasteiger partial charge in [0.05, 0.1) is 16.7 Å². The van der Waals surface area contributed by atoms with E-state index in [0.29, 0.717) is 13.1 Å². The van der Waals surface area contributed by atoms with Crippen molar-refractivity contribution in [2.24, 2.45) is 0 Å². The smallest absolute Gasteiger partial charge is 0.410 e. The van der Waals surface area contributed by atoms with Crippen molar-refractivity contribution >= 4 is 29.3 Å². The summed E-state index contributed by atoms with van der Waals surface area (Å²) in [6.45, 7) is 3.39. The summed E-state index contributed by atoms with van der Waals surface area (Å²) in [6.07, 6.45) is 10.4. The lowest BCUT2D eigenvalue weighted by molar-refractivity contribution is 0.0707. The molecule has 38 heavy (non-hydrogen) atoms. The average Bonchev–Trinajstić information content (AvgIpc) is 2.90. The van der Waals surface area contributed by atoms with Crippen molar-refractivity contribution < 1.29 is 32.9 Å². The first kappa shape index (κ1) is 31.0. The molecule has 0 bridgehead atoms. The zero-order valence-corrected chi connectivity index (χ0v) is 22.2. The van der Waals surface area contributed by atoms with Crippen LogP contribution in [0.15, 0.2) is 24.3 Å². The molecule has 2 N–H and O–H groups in total. The highest BCUT2D eigenvalue weighted by atomic mass is 35.5. The number of benzene rings is 2. The van der Waals surface area contributed by atoms with Crippen LogP contribution < -0.4 is 14.8 Å². The minimum absolute atomic E-state index is 0.0193. The zero-order chi connectivity index (χ0) is 28.1. The third-order valence-corrected chi connectivity index (χ3v) is 6.10. The van der Waals surface area contributed by atoms with Crippen LogP contribution in [0.3, 0.4) is 0 Å². The van der Waals surface area contributed by atoms with Crippen LogP contribution in [-0.2, 0) is 18.0 Å². The molecule has 3 rings (SSSR count). The molecule has 1 unspecified atom stereocenters. The summed E-state index contributed by atoms with van der Waals surface area (Å²) in [7, 11) is 0. The van der Waals surface area contributed by atoms with E-state index in [9.17, 15) is 13.6 Å². The van der Waals surface area contributed by atoms with Crippen LogP contribution >= 0.6 is 23.2 Å². The van der Waals surface area contributed by atoms with Crippen LogP contribution in [0.5, 0.6) is 11.5 Å². The standard InChI is InChI=1S/C17H20ClFN2O3.C10H8ClFO2/c1-3-7-23-13-8-15(18)14(16(19)9-13)11-24-17(22)21-6-5-20-10-12(21)4-2;1-2-3-14-7-4-9(11)8(6-13)10(12)5-7/h1,8-9,12,20H,4-7,10-11H2,2H3;1,4-5,13H,3,6H2. The van der Waals surface area contributed by atoms with Gasteiger partial charge in [0.15, 0.2) is 0 Å². The van der Waals surface area contributed by atoms with Gasteiger partial charge in [-0.25, -0.2) is 13.6 Å². The molecule has 1 amide bonds. The maximum atomic E-state index is 14.1. The quantitative estimate of drug-likeness (QED) is 0.445. The van der Waals surface area contributed by atoms with Gasteiger partial charge in [-0.05, 0) is 18.6 Å². The summed E-state index contributed by atoms with van der Waals surface area (Å²) in [5.74, 6) is 3.82. The molecule has 1 fully saturated rings. The lowest BCUT2D eigenvalue weighted by Crippen LogP contribution is -2.53. The van der Waals surface area contributed by atoms with Crippen LogP contribution in [0, 0.1) is 36.3 Å². The monoisotopic (exact) mass is 568 g/mol. The van der Waals surface area contributed by atoms with Gasteiger partial charge in [-0.3, -0.25) is 0 Å². The van der Waals surface area contributed by atoms with E-state index in [2.05, 4.69) is 17.2 Å². The van der Waals surface area contributed by atoms with Crippen molar-refractivity contribution in [3.63, 3.8) is 0 Å². The highest BCUT2D eigenvalue weighted by Crippen LogP contribution is 2.27. The van der Waals surface area contributed by atoms with Gasteiger partial charge in [0.2, 0.25) is 0 Å². The minimum atomic E-state index is -0.605. The fourth-order valence-electron chi connectivity index (χ4n) is 3.45. The summed E-state index contributed by atoms with van der Waals surface area (Å²) in [6, 6.07) is 5.24. The summed E-state index contributed by atoms with van der Waals surface area (Å²) >= 11 is 11.7. The molecule has 2 aromatic carbocycles. The first-order chi connectivity index (χ1) is 18.2. The second-order valence-electron chi connectivity index (χ2n) is 7.89. The molecule has 1 aliphatic heterocycles. The Morgan fingerprint density at radius 3 is 2.11 bits per heavy atom. The number of aliphatic hydroxyl groups is 1. The molecule has 2 aromatic rings. The molecule has 1 aliphatic rings. The molecule has 1 atom stereocenters. The molecule has 1 heterocycles. The lowest BCUT2D eigenvalue weighted by Gasteiger charge is -2.34. The van der Waals surface area contributed by atoms with Gasteiger partial charge < -0.3 is 29.5 Å². The Morgan fingerprint density at radius 1 is 1.08 bits per heavy atom. The number of halogens is 4. The Morgan fingerprint density at radius 2 is 1.63 bits per heavy atom. The van der Waals surface area contributed by atoms with Gasteiger partial charge in [-0.1, -0.05) is 42.0 Å². The number of carbonyl (C=O) groups excluding carboxylic acids is 1. The second kappa shape index (κ2) is 15.9. The molecule has 0 aromatic heterocycles. The van der Waals surface area contributed by atoms with Gasteiger partial charge in [0, 0.05) is 48.9 Å². The summed E-state index contributed by atoms with van der Waals surface area (Å²) in [5, 5.41) is 12.2. The van der Waals surface area contributed by atoms with E-state index in [-0.39, 0.29) is 58.5 Å². The van der Waals surface area contributed by atoms with Crippen LogP contribution in [0.2, 0.25) is 10.0 Å². The molecule has 0 aliphatic carbocycles. The Bertz CT molecular complexity index is 1140. The number of nitrogens with zero attached hydrogens (tertiary/aromatic N) is 1. The van der Waals surface area contributed by atoms with E-state index in [4.69, 9.17) is 55.4 Å². The number of rotatable bonds is 8.